The van der Waals surface area contributed by atoms with Gasteiger partial charge < -0.3 is 10.2 Å². The topological polar surface area (TPSA) is 61.4 Å². The monoisotopic (exact) mass is 431 g/mol. The van der Waals surface area contributed by atoms with Gasteiger partial charge in [-0.25, -0.2) is 13.1 Å². The average Bonchev–Trinajstić information content (AvgIpc) is 3.21. The van der Waals surface area contributed by atoms with Gasteiger partial charge in [0.25, 0.3) is 0 Å². The summed E-state index contributed by atoms with van der Waals surface area (Å²) < 4.78 is 66.7. The molecule has 0 spiro atoms. The van der Waals surface area contributed by atoms with Gasteiger partial charge in [-0.3, -0.25) is 0 Å². The van der Waals surface area contributed by atoms with Crippen LogP contribution in [0.15, 0.2) is 30.5 Å². The van der Waals surface area contributed by atoms with Gasteiger partial charge >= 0.3 is 6.18 Å². The van der Waals surface area contributed by atoms with Crippen molar-refractivity contribution in [3.63, 3.8) is 0 Å². The van der Waals surface area contributed by atoms with Gasteiger partial charge in [0.2, 0.25) is 10.0 Å². The fourth-order valence-corrected chi connectivity index (χ4v) is 4.81. The molecule has 0 saturated heterocycles. The molecule has 3 rings (SSSR count). The Morgan fingerprint density at radius 3 is 2.48 bits per heavy atom. The third kappa shape index (κ3) is 5.88. The molecule has 1 aromatic carbocycles. The van der Waals surface area contributed by atoms with Crippen LogP contribution in [0, 0.1) is 5.92 Å². The van der Waals surface area contributed by atoms with Crippen LogP contribution in [-0.2, 0) is 16.2 Å². The number of nitrogens with one attached hydrogen (secondary N) is 2. The van der Waals surface area contributed by atoms with E-state index in [1.54, 1.807) is 24.1 Å². The molecule has 0 amide bonds. The predicted octanol–water partition coefficient (Wildman–Crippen LogP) is 4.34. The molecule has 1 aromatic rings. The minimum atomic E-state index is -4.42. The van der Waals surface area contributed by atoms with E-state index in [2.05, 4.69) is 10.0 Å². The maximum Gasteiger partial charge on any atom is 0.418 e. The Morgan fingerprint density at radius 2 is 1.90 bits per heavy atom. The Labute approximate surface area is 170 Å². The van der Waals surface area contributed by atoms with E-state index in [-0.39, 0.29) is 17.5 Å². The SMILES string of the molecule is CCS(=O)(=O)NC1CCC(CNc2ccc(N3C=CCC3)c(C(F)(F)F)c2)CC1. The van der Waals surface area contributed by atoms with E-state index >= 15 is 0 Å². The average molecular weight is 432 g/mol. The highest BCUT2D eigenvalue weighted by atomic mass is 32.2. The van der Waals surface area contributed by atoms with Crippen LogP contribution < -0.4 is 14.9 Å². The highest BCUT2D eigenvalue weighted by molar-refractivity contribution is 7.89. The molecule has 0 bridgehead atoms. The summed E-state index contributed by atoms with van der Waals surface area (Å²) in [5.74, 6) is 0.382. The van der Waals surface area contributed by atoms with Crippen LogP contribution in [-0.4, -0.2) is 33.3 Å². The molecule has 5 nitrogen and oxygen atoms in total. The number of nitrogens with zero attached hydrogens (tertiary/aromatic N) is 1. The summed E-state index contributed by atoms with van der Waals surface area (Å²) in [6, 6.07) is 4.36. The third-order valence-corrected chi connectivity index (χ3v) is 7.05. The Hall–Kier alpha value is -1.74. The van der Waals surface area contributed by atoms with Crippen molar-refractivity contribution in [2.45, 2.75) is 51.2 Å². The van der Waals surface area contributed by atoms with E-state index in [0.29, 0.717) is 24.7 Å². The molecule has 1 heterocycles. The first kappa shape index (κ1) is 22.0. The van der Waals surface area contributed by atoms with Crippen LogP contribution in [0.4, 0.5) is 24.5 Å². The first-order valence-corrected chi connectivity index (χ1v) is 11.7. The zero-order valence-electron chi connectivity index (χ0n) is 16.5. The van der Waals surface area contributed by atoms with Crippen LogP contribution in [0.2, 0.25) is 0 Å². The highest BCUT2D eigenvalue weighted by Gasteiger charge is 2.35. The molecule has 2 N–H and O–H groups in total. The first-order valence-electron chi connectivity index (χ1n) is 10.1. The number of anilines is 2. The van der Waals surface area contributed by atoms with Crippen LogP contribution in [0.3, 0.4) is 0 Å². The van der Waals surface area contributed by atoms with Gasteiger partial charge in [-0.15, -0.1) is 0 Å². The smallest absolute Gasteiger partial charge is 0.385 e. The lowest BCUT2D eigenvalue weighted by molar-refractivity contribution is -0.137. The molecule has 1 saturated carbocycles. The van der Waals surface area contributed by atoms with Crippen LogP contribution in [0.25, 0.3) is 0 Å². The molecule has 1 aliphatic heterocycles. The van der Waals surface area contributed by atoms with Crippen molar-refractivity contribution in [2.75, 3.05) is 29.1 Å². The standard InChI is InChI=1S/C20H28F3N3O2S/c1-2-29(27,28)25-16-7-5-15(6-8-16)14-24-17-9-10-19(26-11-3-4-12-26)18(13-17)20(21,22)23/h3,9-11,13,15-16,24-25H,2,4-8,12,14H2,1H3. The predicted molar refractivity (Wildman–Crippen MR) is 109 cm³/mol. The lowest BCUT2D eigenvalue weighted by Gasteiger charge is -2.29. The summed E-state index contributed by atoms with van der Waals surface area (Å²) in [7, 11) is -3.20. The summed E-state index contributed by atoms with van der Waals surface area (Å²) in [5, 5.41) is 3.14. The van der Waals surface area contributed by atoms with Gasteiger partial charge in [-0.2, -0.15) is 13.2 Å². The van der Waals surface area contributed by atoms with Crippen molar-refractivity contribution in [1.82, 2.24) is 4.72 Å². The molecule has 2 aliphatic rings. The molecule has 9 heteroatoms. The Balaban J connectivity index is 1.58. The summed E-state index contributed by atoms with van der Waals surface area (Å²) in [5.41, 5.74) is 0.00491. The number of sulfonamides is 1. The summed E-state index contributed by atoms with van der Waals surface area (Å²) in [4.78, 5) is 1.63. The number of benzene rings is 1. The molecule has 162 valence electrons. The van der Waals surface area contributed by atoms with Crippen LogP contribution >= 0.6 is 0 Å². The van der Waals surface area contributed by atoms with E-state index in [0.717, 1.165) is 32.1 Å². The molecule has 1 aliphatic carbocycles. The fraction of sp³-hybridized carbons (Fsp3) is 0.600. The van der Waals surface area contributed by atoms with Gasteiger partial charge in [-0.1, -0.05) is 6.08 Å². The van der Waals surface area contributed by atoms with Gasteiger partial charge in [-0.05, 0) is 63.1 Å². The molecule has 1 fully saturated rings. The zero-order valence-corrected chi connectivity index (χ0v) is 17.3. The zero-order chi connectivity index (χ0) is 21.1. The van der Waals surface area contributed by atoms with Crippen molar-refractivity contribution in [3.05, 3.63) is 36.0 Å². The van der Waals surface area contributed by atoms with E-state index in [4.69, 9.17) is 0 Å². The molecular weight excluding hydrogens is 403 g/mol. The van der Waals surface area contributed by atoms with Crippen molar-refractivity contribution in [3.8, 4) is 0 Å². The normalized spacial score (nSPS) is 22.8. The minimum Gasteiger partial charge on any atom is -0.385 e. The van der Waals surface area contributed by atoms with Crippen LogP contribution in [0.1, 0.15) is 44.6 Å². The number of hydrogen-bond acceptors (Lipinski definition) is 4. The maximum atomic E-state index is 13.5. The van der Waals surface area contributed by atoms with Gasteiger partial charge in [0.1, 0.15) is 0 Å². The van der Waals surface area contributed by atoms with Gasteiger partial charge in [0, 0.05) is 31.0 Å². The summed E-state index contributed by atoms with van der Waals surface area (Å²) in [6.07, 6.45) is 3.07. The van der Waals surface area contributed by atoms with Crippen molar-refractivity contribution < 1.29 is 21.6 Å². The summed E-state index contributed by atoms with van der Waals surface area (Å²) >= 11 is 0. The second kappa shape index (κ2) is 8.95. The molecule has 29 heavy (non-hydrogen) atoms. The second-order valence-corrected chi connectivity index (χ2v) is 9.76. The minimum absolute atomic E-state index is 0.0409. The summed E-state index contributed by atoms with van der Waals surface area (Å²) in [6.45, 7) is 2.74. The van der Waals surface area contributed by atoms with Crippen LogP contribution in [0.5, 0.6) is 0 Å². The van der Waals surface area contributed by atoms with Crippen molar-refractivity contribution in [2.24, 2.45) is 5.92 Å². The number of halogens is 3. The largest absolute Gasteiger partial charge is 0.418 e. The Bertz CT molecular complexity index is 832. The van der Waals surface area contributed by atoms with E-state index in [9.17, 15) is 21.6 Å². The Morgan fingerprint density at radius 1 is 1.17 bits per heavy atom. The number of rotatable bonds is 7. The first-order chi connectivity index (χ1) is 13.7. The molecule has 0 atom stereocenters. The Kier molecular flexibility index (Phi) is 6.78. The van der Waals surface area contributed by atoms with Crippen molar-refractivity contribution >= 4 is 21.4 Å². The maximum absolute atomic E-state index is 13.5. The van der Waals surface area contributed by atoms with Gasteiger partial charge in [0.15, 0.2) is 0 Å². The van der Waals surface area contributed by atoms with E-state index in [1.807, 2.05) is 6.08 Å². The number of hydrogen-bond donors (Lipinski definition) is 2. The highest BCUT2D eigenvalue weighted by Crippen LogP contribution is 2.39. The third-order valence-electron chi connectivity index (χ3n) is 5.60. The lowest BCUT2D eigenvalue weighted by Crippen LogP contribution is -2.39. The van der Waals surface area contributed by atoms with E-state index in [1.165, 1.54) is 12.1 Å². The fourth-order valence-electron chi connectivity index (χ4n) is 3.90. The quantitative estimate of drug-likeness (QED) is 0.674. The number of alkyl halides is 3. The molecular formula is C20H28F3N3O2S. The lowest BCUT2D eigenvalue weighted by atomic mass is 9.86. The molecule has 0 aromatic heterocycles. The second-order valence-electron chi connectivity index (χ2n) is 7.72. The molecule has 0 radical (unpaired) electrons. The van der Waals surface area contributed by atoms with E-state index < -0.39 is 21.8 Å². The van der Waals surface area contributed by atoms with Crippen molar-refractivity contribution in [1.29, 1.82) is 0 Å². The molecule has 0 unspecified atom stereocenters. The van der Waals surface area contributed by atoms with Gasteiger partial charge in [0.05, 0.1) is 17.0 Å².